The molecule has 1 aliphatic rings. The number of hydrogen-bond donors (Lipinski definition) is 0. The van der Waals surface area contributed by atoms with Crippen molar-refractivity contribution in [2.75, 3.05) is 6.16 Å². The zero-order chi connectivity index (χ0) is 16.1. The molecule has 2 aromatic carbocycles. The molecular weight excluding hydrogens is 311 g/mol. The highest BCUT2D eigenvalue weighted by Gasteiger charge is 2.35. The second-order valence-corrected chi connectivity index (χ2v) is 13.8. The van der Waals surface area contributed by atoms with Crippen molar-refractivity contribution in [2.45, 2.75) is 19.1 Å². The van der Waals surface area contributed by atoms with E-state index in [0.717, 1.165) is 0 Å². The Morgan fingerprint density at radius 1 is 0.739 bits per heavy atom. The maximum absolute atomic E-state index is 2.51. The van der Waals surface area contributed by atoms with Crippen LogP contribution < -0.4 is 10.6 Å². The molecule has 1 aliphatic carbocycles. The van der Waals surface area contributed by atoms with Gasteiger partial charge in [0.2, 0.25) is 0 Å². The highest BCUT2D eigenvalue weighted by atomic mass is 31.1. The van der Waals surface area contributed by atoms with Gasteiger partial charge in [-0.3, -0.25) is 0 Å². The summed E-state index contributed by atoms with van der Waals surface area (Å²) < 4.78 is 0. The van der Waals surface area contributed by atoms with E-state index in [-0.39, 0.29) is 7.92 Å². The molecule has 0 amide bonds. The van der Waals surface area contributed by atoms with Crippen molar-refractivity contribution in [3.8, 4) is 0 Å². The maximum Gasteiger partial charge on any atom is 0.0550 e. The molecule has 0 aliphatic heterocycles. The highest BCUT2D eigenvalue weighted by molar-refractivity contribution is 7.73. The van der Waals surface area contributed by atoms with Crippen LogP contribution in [0.25, 0.3) is 0 Å². The summed E-state index contributed by atoms with van der Waals surface area (Å²) in [6.45, 7) is 5.01. The van der Waals surface area contributed by atoms with Gasteiger partial charge >= 0.3 is 0 Å². The first-order valence-corrected chi connectivity index (χ1v) is 13.0. The van der Waals surface area contributed by atoms with Crippen LogP contribution in [0.5, 0.6) is 0 Å². The first kappa shape index (κ1) is 16.9. The molecular formula is C21H24PSi. The quantitative estimate of drug-likeness (QED) is 0.527. The molecule has 117 valence electrons. The van der Waals surface area contributed by atoms with Crippen molar-refractivity contribution in [1.29, 1.82) is 0 Å². The van der Waals surface area contributed by atoms with E-state index in [9.17, 15) is 0 Å². The average molecular weight is 335 g/mol. The minimum atomic E-state index is -1.34. The van der Waals surface area contributed by atoms with Crippen LogP contribution in [0.4, 0.5) is 0 Å². The van der Waals surface area contributed by atoms with Crippen molar-refractivity contribution in [3.05, 3.63) is 91.9 Å². The SMILES string of the molecule is C[Si](C)(CCP(c1ccccc1)c1ccccc1)[C]1[CH][CH][CH][CH]1. The summed E-state index contributed by atoms with van der Waals surface area (Å²) in [6, 6.07) is 23.5. The summed E-state index contributed by atoms with van der Waals surface area (Å²) in [5.41, 5.74) is 1.59. The van der Waals surface area contributed by atoms with Crippen molar-refractivity contribution in [3.63, 3.8) is 0 Å². The molecule has 23 heavy (non-hydrogen) atoms. The Hall–Kier alpha value is -0.913. The molecule has 2 heteroatoms. The van der Waals surface area contributed by atoms with Gasteiger partial charge in [-0.25, -0.2) is 0 Å². The van der Waals surface area contributed by atoms with Gasteiger partial charge in [-0.2, -0.15) is 0 Å². The van der Waals surface area contributed by atoms with Crippen LogP contribution in [0.3, 0.4) is 0 Å². The third-order valence-electron chi connectivity index (χ3n) is 4.54. The Labute approximate surface area is 144 Å². The predicted molar refractivity (Wildman–Crippen MR) is 107 cm³/mol. The lowest BCUT2D eigenvalue weighted by Crippen LogP contribution is -2.35. The van der Waals surface area contributed by atoms with E-state index in [1.165, 1.54) is 22.8 Å². The van der Waals surface area contributed by atoms with Gasteiger partial charge in [0.05, 0.1) is 8.07 Å². The van der Waals surface area contributed by atoms with Crippen LogP contribution in [-0.2, 0) is 0 Å². The molecule has 0 atom stereocenters. The van der Waals surface area contributed by atoms with Gasteiger partial charge in [-0.05, 0) is 55.9 Å². The smallest absolute Gasteiger partial charge is 0.0550 e. The number of benzene rings is 2. The van der Waals surface area contributed by atoms with E-state index in [4.69, 9.17) is 0 Å². The van der Waals surface area contributed by atoms with Gasteiger partial charge in [0.25, 0.3) is 0 Å². The fraction of sp³-hybridized carbons (Fsp3) is 0.190. The van der Waals surface area contributed by atoms with Crippen LogP contribution in [-0.4, -0.2) is 14.2 Å². The molecule has 2 aromatic rings. The van der Waals surface area contributed by atoms with Crippen LogP contribution in [0.1, 0.15) is 0 Å². The first-order valence-electron chi connectivity index (χ1n) is 8.27. The number of rotatable bonds is 6. The molecule has 1 fully saturated rings. The standard InChI is InChI=1S/C21H24PSi/c1-23(2,21-15-9-10-16-21)18-17-22(19-11-5-3-6-12-19)20-13-7-4-8-14-20/h3-16H,17-18H2,1-2H3. The Morgan fingerprint density at radius 2 is 1.22 bits per heavy atom. The second-order valence-electron chi connectivity index (χ2n) is 6.63. The van der Waals surface area contributed by atoms with Crippen LogP contribution in [0.15, 0.2) is 60.7 Å². The Bertz CT molecular complexity index is 548. The summed E-state index contributed by atoms with van der Waals surface area (Å²) in [5.74, 6) is 0. The van der Waals surface area contributed by atoms with E-state index in [1.54, 1.807) is 5.54 Å². The molecule has 0 unspecified atom stereocenters. The van der Waals surface area contributed by atoms with Crippen molar-refractivity contribution < 1.29 is 0 Å². The lowest BCUT2D eigenvalue weighted by Gasteiger charge is -2.31. The zero-order valence-corrected chi connectivity index (χ0v) is 15.8. The van der Waals surface area contributed by atoms with Gasteiger partial charge in [-0.15, -0.1) is 0 Å². The minimum absolute atomic E-state index is 0.256. The molecule has 3 rings (SSSR count). The average Bonchev–Trinajstić information content (AvgIpc) is 3.12. The van der Waals surface area contributed by atoms with E-state index >= 15 is 0 Å². The minimum Gasteiger partial charge on any atom is -0.0689 e. The summed E-state index contributed by atoms with van der Waals surface area (Å²) in [5, 5.41) is 3.00. The fourth-order valence-corrected chi connectivity index (χ4v) is 9.38. The molecule has 5 radical (unpaired) electrons. The molecule has 0 saturated heterocycles. The zero-order valence-electron chi connectivity index (χ0n) is 13.9. The van der Waals surface area contributed by atoms with Crippen LogP contribution in [0.2, 0.25) is 19.1 Å². The molecule has 0 heterocycles. The van der Waals surface area contributed by atoms with Gasteiger partial charge in [0, 0.05) is 0 Å². The Kier molecular flexibility index (Phi) is 5.72. The third kappa shape index (κ3) is 4.34. The summed E-state index contributed by atoms with van der Waals surface area (Å²) >= 11 is 0. The van der Waals surface area contributed by atoms with Gasteiger partial charge < -0.3 is 0 Å². The first-order chi connectivity index (χ1) is 11.2. The van der Waals surface area contributed by atoms with Crippen molar-refractivity contribution >= 4 is 26.6 Å². The molecule has 0 nitrogen and oxygen atoms in total. The lowest BCUT2D eigenvalue weighted by atomic mass is 10.4. The van der Waals surface area contributed by atoms with Gasteiger partial charge in [0.1, 0.15) is 0 Å². The predicted octanol–water partition coefficient (Wildman–Crippen LogP) is 4.77. The van der Waals surface area contributed by atoms with E-state index in [0.29, 0.717) is 0 Å². The maximum atomic E-state index is 2.51. The summed E-state index contributed by atoms with van der Waals surface area (Å²) in [4.78, 5) is 0. The molecule has 1 saturated carbocycles. The van der Waals surface area contributed by atoms with E-state index in [1.807, 2.05) is 0 Å². The van der Waals surface area contributed by atoms with E-state index in [2.05, 4.69) is 99.4 Å². The summed E-state index contributed by atoms with van der Waals surface area (Å²) in [6.07, 6.45) is 10.3. The molecule has 0 spiro atoms. The van der Waals surface area contributed by atoms with Gasteiger partial charge in [0.15, 0.2) is 0 Å². The van der Waals surface area contributed by atoms with E-state index < -0.39 is 8.07 Å². The van der Waals surface area contributed by atoms with Gasteiger partial charge in [-0.1, -0.05) is 79.8 Å². The van der Waals surface area contributed by atoms with Crippen LogP contribution >= 0.6 is 7.92 Å². The molecule has 0 aromatic heterocycles. The van der Waals surface area contributed by atoms with Crippen molar-refractivity contribution in [1.82, 2.24) is 0 Å². The molecule has 0 N–H and O–H groups in total. The topological polar surface area (TPSA) is 0 Å². The molecule has 0 bridgehead atoms. The number of hydrogen-bond acceptors (Lipinski definition) is 0. The summed E-state index contributed by atoms with van der Waals surface area (Å²) in [7, 11) is -1.60. The lowest BCUT2D eigenvalue weighted by molar-refractivity contribution is 1.29. The third-order valence-corrected chi connectivity index (χ3v) is 10.9. The largest absolute Gasteiger partial charge is 0.0689 e. The second kappa shape index (κ2) is 7.77. The Balaban J connectivity index is 1.77. The highest BCUT2D eigenvalue weighted by Crippen LogP contribution is 2.40. The fourth-order valence-electron chi connectivity index (χ4n) is 2.98. The normalized spacial score (nSPS) is 16.1. The Morgan fingerprint density at radius 3 is 1.70 bits per heavy atom. The van der Waals surface area contributed by atoms with Crippen molar-refractivity contribution in [2.24, 2.45) is 0 Å². The van der Waals surface area contributed by atoms with Crippen LogP contribution in [0, 0.1) is 31.2 Å². The monoisotopic (exact) mass is 335 g/mol.